The molecule has 1 fully saturated rings. The van der Waals surface area contributed by atoms with Crippen LogP contribution in [0.3, 0.4) is 0 Å². The van der Waals surface area contributed by atoms with Gasteiger partial charge in [-0.05, 0) is 19.8 Å². The van der Waals surface area contributed by atoms with Gasteiger partial charge in [0.1, 0.15) is 6.61 Å². The quantitative estimate of drug-likeness (QED) is 0.757. The topological polar surface area (TPSA) is 24.5 Å². The molecule has 3 nitrogen and oxygen atoms in total. The minimum atomic E-state index is -4.23. The van der Waals surface area contributed by atoms with Crippen LogP contribution in [-0.2, 0) is 4.74 Å². The van der Waals surface area contributed by atoms with E-state index in [2.05, 4.69) is 31.0 Å². The summed E-state index contributed by atoms with van der Waals surface area (Å²) in [5.41, 5.74) is 0.00720. The molecule has 2 unspecified atom stereocenters. The van der Waals surface area contributed by atoms with Gasteiger partial charge < -0.3 is 10.1 Å². The van der Waals surface area contributed by atoms with Gasteiger partial charge in [0, 0.05) is 31.2 Å². The zero-order valence-corrected chi connectivity index (χ0v) is 12.0. The molecule has 1 saturated heterocycles. The summed E-state index contributed by atoms with van der Waals surface area (Å²) in [6.07, 6.45) is -2.24. The molecule has 19 heavy (non-hydrogen) atoms. The summed E-state index contributed by atoms with van der Waals surface area (Å²) >= 11 is 0. The van der Waals surface area contributed by atoms with Crippen LogP contribution in [0.1, 0.15) is 33.6 Å². The van der Waals surface area contributed by atoms with Gasteiger partial charge in [0.25, 0.3) is 0 Å². The lowest BCUT2D eigenvalue weighted by Gasteiger charge is -2.47. The van der Waals surface area contributed by atoms with Crippen molar-refractivity contribution in [3.05, 3.63) is 0 Å². The van der Waals surface area contributed by atoms with Gasteiger partial charge >= 0.3 is 6.18 Å². The molecule has 0 aliphatic carbocycles. The van der Waals surface area contributed by atoms with E-state index in [4.69, 9.17) is 4.74 Å². The van der Waals surface area contributed by atoms with Crippen LogP contribution in [0, 0.1) is 0 Å². The van der Waals surface area contributed by atoms with Crippen LogP contribution in [0.5, 0.6) is 0 Å². The lowest BCUT2D eigenvalue weighted by molar-refractivity contribution is -0.175. The van der Waals surface area contributed by atoms with E-state index in [0.717, 1.165) is 25.9 Å². The number of halogens is 3. The van der Waals surface area contributed by atoms with Crippen molar-refractivity contribution in [1.82, 2.24) is 10.2 Å². The highest BCUT2D eigenvalue weighted by Gasteiger charge is 2.35. The minimum Gasteiger partial charge on any atom is -0.371 e. The van der Waals surface area contributed by atoms with Gasteiger partial charge in [-0.15, -0.1) is 0 Å². The van der Waals surface area contributed by atoms with Gasteiger partial charge in [-0.25, -0.2) is 0 Å². The van der Waals surface area contributed by atoms with Crippen molar-refractivity contribution in [2.75, 3.05) is 32.8 Å². The summed E-state index contributed by atoms with van der Waals surface area (Å²) in [6.45, 7) is 7.65. The second kappa shape index (κ2) is 6.90. The molecule has 0 amide bonds. The molecule has 1 aliphatic heterocycles. The van der Waals surface area contributed by atoms with Gasteiger partial charge in [0.2, 0.25) is 0 Å². The molecule has 2 atom stereocenters. The summed E-state index contributed by atoms with van der Waals surface area (Å²) in [5, 5.41) is 3.49. The fourth-order valence-electron chi connectivity index (χ4n) is 2.37. The molecular weight excluding hydrogens is 257 g/mol. The highest BCUT2D eigenvalue weighted by molar-refractivity contribution is 4.94. The second-order valence-corrected chi connectivity index (χ2v) is 5.45. The Hall–Kier alpha value is -0.330. The van der Waals surface area contributed by atoms with Crippen LogP contribution in [-0.4, -0.2) is 55.5 Å². The number of ether oxygens (including phenoxy) is 1. The van der Waals surface area contributed by atoms with Gasteiger partial charge in [-0.3, -0.25) is 4.90 Å². The lowest BCUT2D eigenvalue weighted by Crippen LogP contribution is -2.63. The van der Waals surface area contributed by atoms with Crippen molar-refractivity contribution >= 4 is 0 Å². The third kappa shape index (κ3) is 5.28. The minimum absolute atomic E-state index is 0.00720. The number of nitrogens with zero attached hydrogens (tertiary/aromatic N) is 1. The van der Waals surface area contributed by atoms with Crippen molar-refractivity contribution in [2.24, 2.45) is 0 Å². The van der Waals surface area contributed by atoms with E-state index >= 15 is 0 Å². The average molecular weight is 282 g/mol. The third-order valence-electron chi connectivity index (χ3n) is 4.00. The Morgan fingerprint density at radius 3 is 2.58 bits per heavy atom. The summed E-state index contributed by atoms with van der Waals surface area (Å²) in [4.78, 5) is 2.26. The first-order valence-corrected chi connectivity index (χ1v) is 6.93. The maximum absolute atomic E-state index is 12.0. The van der Waals surface area contributed by atoms with E-state index in [-0.39, 0.29) is 12.1 Å². The molecule has 0 spiro atoms. The van der Waals surface area contributed by atoms with Crippen LogP contribution < -0.4 is 5.32 Å². The summed E-state index contributed by atoms with van der Waals surface area (Å²) in [6, 6.07) is 0.419. The highest BCUT2D eigenvalue weighted by Crippen LogP contribution is 2.23. The zero-order valence-electron chi connectivity index (χ0n) is 12.0. The molecule has 1 rings (SSSR count). The molecule has 1 aliphatic rings. The Morgan fingerprint density at radius 1 is 1.37 bits per heavy atom. The van der Waals surface area contributed by atoms with Crippen LogP contribution in [0.15, 0.2) is 0 Å². The molecule has 0 bridgehead atoms. The lowest BCUT2D eigenvalue weighted by atomic mass is 9.91. The first-order valence-electron chi connectivity index (χ1n) is 6.93. The second-order valence-electron chi connectivity index (χ2n) is 5.45. The SMILES string of the molecule is CCC1CN(CCOCC(F)(F)F)C(C)(CC)CN1. The largest absolute Gasteiger partial charge is 0.411 e. The number of alkyl halides is 3. The first kappa shape index (κ1) is 16.7. The number of nitrogens with one attached hydrogen (secondary N) is 1. The van der Waals surface area contributed by atoms with Crippen molar-refractivity contribution in [2.45, 2.75) is 51.4 Å². The van der Waals surface area contributed by atoms with Crippen LogP contribution in [0.25, 0.3) is 0 Å². The fraction of sp³-hybridized carbons (Fsp3) is 1.00. The summed E-state index contributed by atoms with van der Waals surface area (Å²) in [7, 11) is 0. The molecule has 6 heteroatoms. The Balaban J connectivity index is 2.42. The van der Waals surface area contributed by atoms with Crippen molar-refractivity contribution < 1.29 is 17.9 Å². The van der Waals surface area contributed by atoms with Gasteiger partial charge in [-0.2, -0.15) is 13.2 Å². The smallest absolute Gasteiger partial charge is 0.371 e. The predicted octanol–water partition coefficient (Wildman–Crippen LogP) is 2.42. The van der Waals surface area contributed by atoms with E-state index in [9.17, 15) is 13.2 Å². The van der Waals surface area contributed by atoms with Crippen LogP contribution in [0.4, 0.5) is 13.2 Å². The number of rotatable bonds is 6. The maximum Gasteiger partial charge on any atom is 0.411 e. The normalized spacial score (nSPS) is 29.7. The first-order chi connectivity index (χ1) is 8.80. The fourth-order valence-corrected chi connectivity index (χ4v) is 2.37. The standard InChI is InChI=1S/C13H25F3N2O/c1-4-11-8-18(12(3,5-2)9-17-11)6-7-19-10-13(14,15)16/h11,17H,4-10H2,1-3H3. The van der Waals surface area contributed by atoms with Crippen molar-refractivity contribution in [3.8, 4) is 0 Å². The molecule has 0 aromatic rings. The van der Waals surface area contributed by atoms with Gasteiger partial charge in [0.15, 0.2) is 0 Å². The molecule has 0 saturated carbocycles. The maximum atomic E-state index is 12.0. The highest BCUT2D eigenvalue weighted by atomic mass is 19.4. The number of hydrogen-bond acceptors (Lipinski definition) is 3. The number of piperazine rings is 1. The number of hydrogen-bond donors (Lipinski definition) is 1. The van der Waals surface area contributed by atoms with Crippen molar-refractivity contribution in [1.29, 1.82) is 0 Å². The summed E-state index contributed by atoms with van der Waals surface area (Å²) < 4.78 is 40.7. The van der Waals surface area contributed by atoms with Crippen LogP contribution in [0.2, 0.25) is 0 Å². The van der Waals surface area contributed by atoms with E-state index in [1.54, 1.807) is 0 Å². The Kier molecular flexibility index (Phi) is 6.08. The molecule has 0 aromatic heterocycles. The van der Waals surface area contributed by atoms with E-state index in [0.29, 0.717) is 12.6 Å². The van der Waals surface area contributed by atoms with Gasteiger partial charge in [0.05, 0.1) is 6.61 Å². The Labute approximate surface area is 113 Å². The van der Waals surface area contributed by atoms with Crippen LogP contribution >= 0.6 is 0 Å². The molecular formula is C13H25F3N2O. The summed E-state index contributed by atoms with van der Waals surface area (Å²) in [5.74, 6) is 0. The molecule has 1 N–H and O–H groups in total. The predicted molar refractivity (Wildman–Crippen MR) is 69.2 cm³/mol. The van der Waals surface area contributed by atoms with Crippen molar-refractivity contribution in [3.63, 3.8) is 0 Å². The van der Waals surface area contributed by atoms with Gasteiger partial charge in [-0.1, -0.05) is 13.8 Å². The van der Waals surface area contributed by atoms with E-state index in [1.165, 1.54) is 0 Å². The average Bonchev–Trinajstić information content (AvgIpc) is 2.35. The Bertz CT molecular complexity index is 273. The molecule has 1 heterocycles. The molecule has 0 aromatic carbocycles. The monoisotopic (exact) mass is 282 g/mol. The molecule has 114 valence electrons. The van der Waals surface area contributed by atoms with E-state index < -0.39 is 12.8 Å². The molecule has 0 radical (unpaired) electrons. The Morgan fingerprint density at radius 2 is 2.05 bits per heavy atom. The zero-order chi connectivity index (χ0) is 14.5. The van der Waals surface area contributed by atoms with E-state index in [1.807, 2.05) is 0 Å². The third-order valence-corrected chi connectivity index (χ3v) is 4.00.